The predicted molar refractivity (Wildman–Crippen MR) is 127 cm³/mol. The van der Waals surface area contributed by atoms with Crippen LogP contribution in [-0.4, -0.2) is 11.6 Å². The van der Waals surface area contributed by atoms with E-state index in [0.29, 0.717) is 24.0 Å². The number of carbonyl (C=O) groups excluding carboxylic acids is 2. The Balaban J connectivity index is 1.66. The van der Waals surface area contributed by atoms with Gasteiger partial charge in [-0.3, -0.25) is 9.59 Å². The Bertz CT molecular complexity index is 1050. The molecule has 3 nitrogen and oxygen atoms in total. The molecule has 4 rings (SSSR count). The highest BCUT2D eigenvalue weighted by Crippen LogP contribution is 2.49. The van der Waals surface area contributed by atoms with Crippen molar-refractivity contribution in [1.29, 1.82) is 0 Å². The maximum atomic E-state index is 13.3. The summed E-state index contributed by atoms with van der Waals surface area (Å²) in [5.74, 6) is 1.38. The molecule has 0 saturated heterocycles. The summed E-state index contributed by atoms with van der Waals surface area (Å²) < 4.78 is 7.11. The lowest BCUT2D eigenvalue weighted by molar-refractivity contribution is -0.118. The number of rotatable bonds is 6. The first kappa shape index (κ1) is 22.0. The van der Waals surface area contributed by atoms with Gasteiger partial charge in [0.1, 0.15) is 11.5 Å². The van der Waals surface area contributed by atoms with Gasteiger partial charge < -0.3 is 4.74 Å². The van der Waals surface area contributed by atoms with Crippen LogP contribution in [0.15, 0.2) is 58.3 Å². The lowest BCUT2D eigenvalue weighted by atomic mass is 9.70. The molecular weight excluding hydrogens is 452 g/mol. The molecule has 4 heteroatoms. The molecule has 0 amide bonds. The predicted octanol–water partition coefficient (Wildman–Crippen LogP) is 7.18. The first-order valence-electron chi connectivity index (χ1n) is 11.1. The summed E-state index contributed by atoms with van der Waals surface area (Å²) in [6, 6.07) is 13.8. The molecule has 2 aromatic rings. The lowest BCUT2D eigenvalue weighted by Gasteiger charge is -2.38. The topological polar surface area (TPSA) is 43.4 Å². The molecule has 2 aromatic carbocycles. The quantitative estimate of drug-likeness (QED) is 0.411. The molecule has 1 aliphatic carbocycles. The summed E-state index contributed by atoms with van der Waals surface area (Å²) in [7, 11) is 0. The molecule has 1 unspecified atom stereocenters. The Morgan fingerprint density at radius 2 is 1.87 bits per heavy atom. The highest BCUT2D eigenvalue weighted by Gasteiger charge is 2.42. The number of allylic oxidation sites excluding steroid dienone is 2. The lowest BCUT2D eigenvalue weighted by Crippen LogP contribution is -2.33. The van der Waals surface area contributed by atoms with Crippen molar-refractivity contribution >= 4 is 27.5 Å². The van der Waals surface area contributed by atoms with Crippen molar-refractivity contribution in [3.05, 3.63) is 75.0 Å². The standard InChI is InChI=1S/C27H29BrO3/c1-4-5-6-17-7-9-18(10-8-17)22(29)14-21-20-13-19(28)11-12-24(20)31-25-16-27(2,3)15-23(30)26(21)25/h7-13,21H,4-6,14-16H2,1-3H3. The number of fused-ring (bicyclic) bond motifs is 1. The zero-order valence-corrected chi connectivity index (χ0v) is 20.1. The number of hydrogen-bond acceptors (Lipinski definition) is 3. The smallest absolute Gasteiger partial charge is 0.163 e. The van der Waals surface area contributed by atoms with Crippen molar-refractivity contribution in [3.63, 3.8) is 0 Å². The van der Waals surface area contributed by atoms with Crippen LogP contribution in [0.25, 0.3) is 0 Å². The molecule has 0 fully saturated rings. The Morgan fingerprint density at radius 1 is 1.13 bits per heavy atom. The van der Waals surface area contributed by atoms with Gasteiger partial charge >= 0.3 is 0 Å². The van der Waals surface area contributed by atoms with Crippen molar-refractivity contribution in [1.82, 2.24) is 0 Å². The van der Waals surface area contributed by atoms with Crippen molar-refractivity contribution in [3.8, 4) is 5.75 Å². The molecule has 0 spiro atoms. The number of carbonyl (C=O) groups is 2. The van der Waals surface area contributed by atoms with Gasteiger partial charge in [-0.2, -0.15) is 0 Å². The third kappa shape index (κ3) is 4.69. The van der Waals surface area contributed by atoms with E-state index in [4.69, 9.17) is 4.74 Å². The van der Waals surface area contributed by atoms with Crippen LogP contribution in [0.1, 0.15) is 80.3 Å². The molecule has 0 aromatic heterocycles. The van der Waals surface area contributed by atoms with Gasteiger partial charge in [0.05, 0.1) is 0 Å². The summed E-state index contributed by atoms with van der Waals surface area (Å²) >= 11 is 3.54. The Morgan fingerprint density at radius 3 is 2.58 bits per heavy atom. The minimum Gasteiger partial charge on any atom is -0.461 e. The molecular formula is C27H29BrO3. The molecule has 2 aliphatic rings. The molecule has 0 N–H and O–H groups in total. The Kier molecular flexibility index (Phi) is 6.20. The Labute approximate surface area is 193 Å². The van der Waals surface area contributed by atoms with Crippen LogP contribution in [-0.2, 0) is 11.2 Å². The van der Waals surface area contributed by atoms with E-state index in [1.165, 1.54) is 5.56 Å². The van der Waals surface area contributed by atoms with Crippen LogP contribution in [0.5, 0.6) is 5.75 Å². The highest BCUT2D eigenvalue weighted by molar-refractivity contribution is 9.10. The number of halogens is 1. The van der Waals surface area contributed by atoms with Crippen LogP contribution in [0.3, 0.4) is 0 Å². The summed E-state index contributed by atoms with van der Waals surface area (Å²) in [5.41, 5.74) is 3.43. The SMILES string of the molecule is CCCCc1ccc(C(=O)CC2C3=C(CC(C)(C)CC3=O)Oc3ccc(Br)cc32)cc1. The Hall–Kier alpha value is -2.20. The third-order valence-electron chi connectivity index (χ3n) is 6.29. The van der Waals surface area contributed by atoms with E-state index >= 15 is 0 Å². The van der Waals surface area contributed by atoms with Crippen LogP contribution in [0.2, 0.25) is 0 Å². The minimum atomic E-state index is -0.271. The largest absolute Gasteiger partial charge is 0.461 e. The van der Waals surface area contributed by atoms with Crippen molar-refractivity contribution in [2.24, 2.45) is 5.41 Å². The average Bonchev–Trinajstić information content (AvgIpc) is 2.71. The fraction of sp³-hybridized carbons (Fsp3) is 0.407. The van der Waals surface area contributed by atoms with E-state index in [0.717, 1.165) is 40.8 Å². The van der Waals surface area contributed by atoms with Gasteiger partial charge in [0.2, 0.25) is 0 Å². The fourth-order valence-electron chi connectivity index (χ4n) is 4.68. The summed E-state index contributed by atoms with van der Waals surface area (Å²) in [6.45, 7) is 6.36. The molecule has 0 bridgehead atoms. The van der Waals surface area contributed by atoms with E-state index in [9.17, 15) is 9.59 Å². The van der Waals surface area contributed by atoms with E-state index in [-0.39, 0.29) is 29.3 Å². The van der Waals surface area contributed by atoms with Crippen molar-refractivity contribution in [2.75, 3.05) is 0 Å². The van der Waals surface area contributed by atoms with Gasteiger partial charge in [-0.15, -0.1) is 0 Å². The van der Waals surface area contributed by atoms with E-state index in [1.807, 2.05) is 30.3 Å². The van der Waals surface area contributed by atoms with Gasteiger partial charge in [-0.25, -0.2) is 0 Å². The first-order chi connectivity index (χ1) is 14.8. The minimum absolute atomic E-state index is 0.0596. The normalized spacial score (nSPS) is 19.5. The van der Waals surface area contributed by atoms with Crippen LogP contribution >= 0.6 is 15.9 Å². The van der Waals surface area contributed by atoms with Crippen LogP contribution in [0, 0.1) is 5.41 Å². The summed E-state index contributed by atoms with van der Waals surface area (Å²) in [5, 5.41) is 0. The molecule has 162 valence electrons. The number of ketones is 2. The second-order valence-electron chi connectivity index (χ2n) is 9.54. The zero-order chi connectivity index (χ0) is 22.2. The molecule has 0 radical (unpaired) electrons. The number of benzene rings is 2. The zero-order valence-electron chi connectivity index (χ0n) is 18.5. The number of unbranched alkanes of at least 4 members (excludes halogenated alkanes) is 1. The van der Waals surface area contributed by atoms with Gasteiger partial charge in [-0.1, -0.05) is 67.4 Å². The summed E-state index contributed by atoms with van der Waals surface area (Å²) in [6.07, 6.45) is 4.80. The van der Waals surface area contributed by atoms with Crippen molar-refractivity contribution in [2.45, 2.75) is 65.2 Å². The molecule has 1 aliphatic heterocycles. The average molecular weight is 481 g/mol. The van der Waals surface area contributed by atoms with Crippen LogP contribution in [0.4, 0.5) is 0 Å². The van der Waals surface area contributed by atoms with Crippen molar-refractivity contribution < 1.29 is 14.3 Å². The third-order valence-corrected chi connectivity index (χ3v) is 6.79. The maximum absolute atomic E-state index is 13.3. The van der Waals surface area contributed by atoms with Gasteiger partial charge in [0, 0.05) is 46.4 Å². The molecule has 1 heterocycles. The highest BCUT2D eigenvalue weighted by atomic mass is 79.9. The fourth-order valence-corrected chi connectivity index (χ4v) is 5.06. The first-order valence-corrected chi connectivity index (χ1v) is 11.9. The molecule has 0 saturated carbocycles. The monoisotopic (exact) mass is 480 g/mol. The van der Waals surface area contributed by atoms with Gasteiger partial charge in [0.25, 0.3) is 0 Å². The molecule has 1 atom stereocenters. The van der Waals surface area contributed by atoms with E-state index in [1.54, 1.807) is 0 Å². The van der Waals surface area contributed by atoms with E-state index in [2.05, 4.69) is 48.8 Å². The number of Topliss-reactive ketones (excluding diaryl/α,β-unsaturated/α-hetero) is 2. The van der Waals surface area contributed by atoms with Gasteiger partial charge in [-0.05, 0) is 42.0 Å². The van der Waals surface area contributed by atoms with E-state index < -0.39 is 0 Å². The summed E-state index contributed by atoms with van der Waals surface area (Å²) in [4.78, 5) is 26.4. The second kappa shape index (κ2) is 8.74. The second-order valence-corrected chi connectivity index (χ2v) is 10.5. The number of hydrogen-bond donors (Lipinski definition) is 0. The van der Waals surface area contributed by atoms with Gasteiger partial charge in [0.15, 0.2) is 11.6 Å². The number of aryl methyl sites for hydroxylation is 1. The van der Waals surface area contributed by atoms with Crippen LogP contribution < -0.4 is 4.74 Å². The number of ether oxygens (including phenoxy) is 1. The maximum Gasteiger partial charge on any atom is 0.163 e. The molecule has 31 heavy (non-hydrogen) atoms.